The van der Waals surface area contributed by atoms with Gasteiger partial charge in [0, 0.05) is 5.69 Å². The molecule has 0 spiro atoms. The Kier molecular flexibility index (Phi) is 3.76. The number of carbonyl (C=O) groups is 1. The summed E-state index contributed by atoms with van der Waals surface area (Å²) in [6.45, 7) is 1.97. The Balaban J connectivity index is 2.43. The van der Waals surface area contributed by atoms with Crippen molar-refractivity contribution < 1.29 is 9.53 Å². The fraction of sp³-hybridized carbons (Fsp3) is 0.125. The number of carbonyl (C=O) groups excluding carboxylic acids is 1. The van der Waals surface area contributed by atoms with E-state index in [4.69, 9.17) is 16.3 Å². The summed E-state index contributed by atoms with van der Waals surface area (Å²) < 4.78 is 6.87. The zero-order valence-electron chi connectivity index (χ0n) is 11.9. The Morgan fingerprint density at radius 3 is 2.55 bits per heavy atom. The van der Waals surface area contributed by atoms with Crippen LogP contribution in [0.4, 0.5) is 0 Å². The van der Waals surface area contributed by atoms with Gasteiger partial charge in [0.05, 0.1) is 22.3 Å². The molecule has 0 unspecified atom stereocenters. The molecular formula is C16H12ClNO3S. The van der Waals surface area contributed by atoms with Gasteiger partial charge in [0.1, 0.15) is 5.56 Å². The first-order valence-electron chi connectivity index (χ1n) is 6.51. The molecule has 3 aromatic rings. The molecule has 4 nitrogen and oxygen atoms in total. The van der Waals surface area contributed by atoms with Crippen LogP contribution in [0, 0.1) is 6.92 Å². The lowest BCUT2D eigenvalue weighted by molar-refractivity contribution is 0.0599. The lowest BCUT2D eigenvalue weighted by atomic mass is 10.2. The van der Waals surface area contributed by atoms with E-state index in [0.29, 0.717) is 15.9 Å². The van der Waals surface area contributed by atoms with E-state index >= 15 is 0 Å². The number of pyridine rings is 1. The monoisotopic (exact) mass is 333 g/mol. The highest BCUT2D eigenvalue weighted by Gasteiger charge is 2.23. The van der Waals surface area contributed by atoms with Crippen LogP contribution in [-0.2, 0) is 4.74 Å². The summed E-state index contributed by atoms with van der Waals surface area (Å²) >= 11 is 7.62. The van der Waals surface area contributed by atoms with Crippen molar-refractivity contribution >= 4 is 39.1 Å². The molecule has 0 N–H and O–H groups in total. The number of benzene rings is 1. The topological polar surface area (TPSA) is 48.3 Å². The molecule has 0 aliphatic heterocycles. The van der Waals surface area contributed by atoms with Crippen LogP contribution in [-0.4, -0.2) is 17.6 Å². The normalized spacial score (nSPS) is 10.9. The fourth-order valence-electron chi connectivity index (χ4n) is 2.30. The van der Waals surface area contributed by atoms with Gasteiger partial charge in [-0.3, -0.25) is 9.36 Å². The zero-order valence-corrected chi connectivity index (χ0v) is 13.5. The quantitative estimate of drug-likeness (QED) is 0.670. The number of hydrogen-bond acceptors (Lipinski definition) is 4. The number of rotatable bonds is 2. The maximum Gasteiger partial charge on any atom is 0.345 e. The van der Waals surface area contributed by atoms with Crippen molar-refractivity contribution in [2.75, 3.05) is 7.11 Å². The van der Waals surface area contributed by atoms with E-state index in [1.165, 1.54) is 23.0 Å². The van der Waals surface area contributed by atoms with Gasteiger partial charge in [0.25, 0.3) is 5.56 Å². The van der Waals surface area contributed by atoms with Crippen molar-refractivity contribution in [1.29, 1.82) is 0 Å². The molecule has 0 fully saturated rings. The molecule has 2 heterocycles. The minimum atomic E-state index is -0.730. The molecule has 0 radical (unpaired) electrons. The van der Waals surface area contributed by atoms with Crippen LogP contribution in [0.5, 0.6) is 0 Å². The van der Waals surface area contributed by atoms with Crippen LogP contribution in [0.2, 0.25) is 5.02 Å². The molecule has 0 bridgehead atoms. The second-order valence-corrected chi connectivity index (χ2v) is 6.09. The molecule has 1 aromatic carbocycles. The average molecular weight is 334 g/mol. The first-order valence-corrected chi connectivity index (χ1v) is 7.77. The number of aromatic nitrogens is 1. The highest BCUT2D eigenvalue weighted by atomic mass is 35.5. The minimum Gasteiger partial charge on any atom is -0.465 e. The van der Waals surface area contributed by atoms with Crippen molar-refractivity contribution in [1.82, 2.24) is 4.57 Å². The van der Waals surface area contributed by atoms with Gasteiger partial charge in [-0.05, 0) is 30.5 Å². The Hall–Kier alpha value is -2.11. The van der Waals surface area contributed by atoms with Gasteiger partial charge in [0.2, 0.25) is 0 Å². The number of ether oxygens (including phenoxy) is 1. The summed E-state index contributed by atoms with van der Waals surface area (Å²) in [6, 6.07) is 9.30. The Morgan fingerprint density at radius 1 is 1.23 bits per heavy atom. The molecule has 0 atom stereocenters. The zero-order chi connectivity index (χ0) is 15.9. The van der Waals surface area contributed by atoms with Gasteiger partial charge in [-0.1, -0.05) is 29.3 Å². The van der Waals surface area contributed by atoms with E-state index in [1.54, 1.807) is 0 Å². The highest BCUT2D eigenvalue weighted by Crippen LogP contribution is 2.31. The van der Waals surface area contributed by atoms with Gasteiger partial charge in [-0.15, -0.1) is 11.3 Å². The Morgan fingerprint density at radius 2 is 1.91 bits per heavy atom. The van der Waals surface area contributed by atoms with E-state index in [0.717, 1.165) is 5.56 Å². The first kappa shape index (κ1) is 14.8. The van der Waals surface area contributed by atoms with Crippen molar-refractivity contribution in [3.8, 4) is 5.69 Å². The smallest absolute Gasteiger partial charge is 0.345 e. The van der Waals surface area contributed by atoms with E-state index in [1.807, 2.05) is 42.6 Å². The number of fused-ring (bicyclic) bond motifs is 1. The predicted molar refractivity (Wildman–Crippen MR) is 88.5 cm³/mol. The molecule has 22 heavy (non-hydrogen) atoms. The number of halogens is 1. The second kappa shape index (κ2) is 5.59. The number of hydrogen-bond donors (Lipinski definition) is 0. The van der Waals surface area contributed by atoms with E-state index in [2.05, 4.69) is 0 Å². The van der Waals surface area contributed by atoms with Crippen LogP contribution in [0.15, 0.2) is 40.5 Å². The second-order valence-electron chi connectivity index (χ2n) is 4.79. The first-order chi connectivity index (χ1) is 10.5. The largest absolute Gasteiger partial charge is 0.465 e. The number of nitrogens with zero attached hydrogens (tertiary/aromatic N) is 1. The van der Waals surface area contributed by atoms with Crippen LogP contribution < -0.4 is 5.56 Å². The molecule has 0 saturated carbocycles. The summed E-state index contributed by atoms with van der Waals surface area (Å²) in [6.07, 6.45) is 0. The van der Waals surface area contributed by atoms with Gasteiger partial charge >= 0.3 is 5.97 Å². The minimum absolute atomic E-state index is 0.139. The molecule has 0 aliphatic rings. The van der Waals surface area contributed by atoms with Crippen molar-refractivity contribution in [2.45, 2.75) is 6.92 Å². The van der Waals surface area contributed by atoms with Gasteiger partial charge in [0.15, 0.2) is 0 Å². The molecule has 112 valence electrons. The van der Waals surface area contributed by atoms with Crippen LogP contribution in [0.25, 0.3) is 15.9 Å². The third kappa shape index (κ3) is 2.23. The average Bonchev–Trinajstić information content (AvgIpc) is 2.98. The third-order valence-corrected chi connectivity index (χ3v) is 4.81. The predicted octanol–water partition coefficient (Wildman–Crippen LogP) is 3.80. The van der Waals surface area contributed by atoms with E-state index in [-0.39, 0.29) is 10.6 Å². The van der Waals surface area contributed by atoms with Gasteiger partial charge < -0.3 is 4.74 Å². The third-order valence-electron chi connectivity index (χ3n) is 3.40. The van der Waals surface area contributed by atoms with Crippen LogP contribution in [0.3, 0.4) is 0 Å². The van der Waals surface area contributed by atoms with E-state index in [9.17, 15) is 9.59 Å². The van der Waals surface area contributed by atoms with Crippen molar-refractivity contribution in [3.63, 3.8) is 0 Å². The maximum atomic E-state index is 12.8. The van der Waals surface area contributed by atoms with Crippen molar-refractivity contribution in [3.05, 3.63) is 62.2 Å². The highest BCUT2D eigenvalue weighted by molar-refractivity contribution is 7.17. The molecule has 2 aromatic heterocycles. The number of esters is 1. The van der Waals surface area contributed by atoms with E-state index < -0.39 is 11.5 Å². The number of methoxy groups -OCH3 is 1. The van der Waals surface area contributed by atoms with Crippen molar-refractivity contribution in [2.24, 2.45) is 0 Å². The lowest BCUT2D eigenvalue weighted by Crippen LogP contribution is -2.26. The SMILES string of the molecule is COC(=O)c1c(Cl)c2sccc2n(-c2ccc(C)cc2)c1=O. The number of aryl methyl sites for hydroxylation is 1. The molecule has 0 aliphatic carbocycles. The standard InChI is InChI=1S/C16H12ClNO3S/c1-9-3-5-10(6-4-9)18-11-7-8-22-14(11)13(17)12(15(18)19)16(20)21-2/h3-8H,1-2H3. The molecular weight excluding hydrogens is 322 g/mol. The lowest BCUT2D eigenvalue weighted by Gasteiger charge is -2.12. The molecule has 0 saturated heterocycles. The van der Waals surface area contributed by atoms with Gasteiger partial charge in [-0.2, -0.15) is 0 Å². The molecule has 6 heteroatoms. The number of thiophene rings is 1. The Labute approximate surface area is 135 Å². The van der Waals surface area contributed by atoms with Gasteiger partial charge in [-0.25, -0.2) is 4.79 Å². The molecule has 3 rings (SSSR count). The Bertz CT molecular complexity index is 925. The summed E-state index contributed by atoms with van der Waals surface area (Å²) in [5.41, 5.74) is 1.82. The maximum absolute atomic E-state index is 12.8. The van der Waals surface area contributed by atoms with Crippen LogP contribution in [0.1, 0.15) is 15.9 Å². The summed E-state index contributed by atoms with van der Waals surface area (Å²) in [7, 11) is 1.23. The summed E-state index contributed by atoms with van der Waals surface area (Å²) in [5, 5.41) is 1.98. The summed E-state index contributed by atoms with van der Waals surface area (Å²) in [4.78, 5) is 24.7. The van der Waals surface area contributed by atoms with Crippen LogP contribution >= 0.6 is 22.9 Å². The molecule has 0 amide bonds. The fourth-order valence-corrected chi connectivity index (χ4v) is 3.51. The summed E-state index contributed by atoms with van der Waals surface area (Å²) in [5.74, 6) is -0.730.